The van der Waals surface area contributed by atoms with Crippen molar-refractivity contribution in [1.82, 2.24) is 9.97 Å². The number of rotatable bonds is 5. The van der Waals surface area contributed by atoms with Gasteiger partial charge in [0.05, 0.1) is 11.3 Å². The maximum atomic E-state index is 13.0. The van der Waals surface area contributed by atoms with Gasteiger partial charge in [-0.25, -0.2) is 9.97 Å². The number of hydrogen-bond donors (Lipinski definition) is 1. The van der Waals surface area contributed by atoms with Crippen molar-refractivity contribution in [3.63, 3.8) is 0 Å². The molecule has 0 aliphatic rings. The molecular weight excluding hydrogens is 321 g/mol. The summed E-state index contributed by atoms with van der Waals surface area (Å²) in [5, 5.41) is 2.27. The van der Waals surface area contributed by atoms with E-state index >= 15 is 0 Å². The third-order valence-corrected chi connectivity index (χ3v) is 3.40. The highest BCUT2D eigenvalue weighted by Gasteiger charge is 2.33. The van der Waals surface area contributed by atoms with Crippen molar-refractivity contribution >= 4 is 17.5 Å². The topological polar surface area (TPSA) is 58.1 Å². The lowest BCUT2D eigenvalue weighted by Crippen LogP contribution is -2.25. The molecule has 1 amide bonds. The van der Waals surface area contributed by atoms with E-state index in [1.54, 1.807) is 0 Å². The van der Waals surface area contributed by atoms with Crippen LogP contribution in [0.2, 0.25) is 0 Å². The van der Waals surface area contributed by atoms with Crippen LogP contribution in [0.5, 0.6) is 0 Å². The predicted octanol–water partition coefficient (Wildman–Crippen LogP) is 3.59. The van der Waals surface area contributed by atoms with Crippen molar-refractivity contribution < 1.29 is 18.0 Å². The van der Waals surface area contributed by atoms with Gasteiger partial charge in [0.1, 0.15) is 5.69 Å². The number of amides is 1. The number of para-hydroxylation sites is 1. The van der Waals surface area contributed by atoms with E-state index in [0.717, 1.165) is 6.07 Å². The first-order valence-electron chi connectivity index (χ1n) is 7.42. The average molecular weight is 338 g/mol. The fourth-order valence-corrected chi connectivity index (χ4v) is 2.16. The van der Waals surface area contributed by atoms with Gasteiger partial charge in [-0.05, 0) is 32.0 Å². The molecule has 0 bridgehead atoms. The molecule has 1 heterocycles. The molecule has 128 valence electrons. The molecule has 2 rings (SSSR count). The molecule has 0 aliphatic heterocycles. The van der Waals surface area contributed by atoms with E-state index in [1.807, 2.05) is 18.7 Å². The number of hydrogen-bond acceptors (Lipinski definition) is 4. The van der Waals surface area contributed by atoms with Crippen molar-refractivity contribution in [2.45, 2.75) is 20.0 Å². The number of nitrogens with zero attached hydrogens (tertiary/aromatic N) is 3. The molecule has 8 heteroatoms. The quantitative estimate of drug-likeness (QED) is 0.905. The van der Waals surface area contributed by atoms with Crippen LogP contribution in [0.4, 0.5) is 24.8 Å². The van der Waals surface area contributed by atoms with Crippen LogP contribution in [-0.2, 0) is 6.18 Å². The predicted molar refractivity (Wildman–Crippen MR) is 85.0 cm³/mol. The SMILES string of the molecule is CCN(CC)c1nccc(C(=O)Nc2ccccc2C(F)(F)F)n1. The van der Waals surface area contributed by atoms with Crippen molar-refractivity contribution in [1.29, 1.82) is 0 Å². The number of carbonyl (C=O) groups excluding carboxylic acids is 1. The summed E-state index contributed by atoms with van der Waals surface area (Å²) >= 11 is 0. The first-order valence-corrected chi connectivity index (χ1v) is 7.42. The second-order valence-corrected chi connectivity index (χ2v) is 4.91. The smallest absolute Gasteiger partial charge is 0.341 e. The Hall–Kier alpha value is -2.64. The molecule has 0 aliphatic carbocycles. The molecule has 0 spiro atoms. The molecule has 5 nitrogen and oxygen atoms in total. The van der Waals surface area contributed by atoms with Gasteiger partial charge >= 0.3 is 6.18 Å². The van der Waals surface area contributed by atoms with Crippen molar-refractivity contribution in [2.24, 2.45) is 0 Å². The number of halogens is 3. The van der Waals surface area contributed by atoms with E-state index < -0.39 is 17.6 Å². The minimum Gasteiger partial charge on any atom is -0.341 e. The number of carbonyl (C=O) groups is 1. The molecule has 1 aromatic carbocycles. The number of anilines is 2. The Balaban J connectivity index is 2.27. The van der Waals surface area contributed by atoms with Crippen molar-refractivity contribution in [3.05, 3.63) is 47.8 Å². The second kappa shape index (κ2) is 7.29. The summed E-state index contributed by atoms with van der Waals surface area (Å²) in [6.45, 7) is 5.13. The van der Waals surface area contributed by atoms with Gasteiger partial charge in [0.15, 0.2) is 0 Å². The fraction of sp³-hybridized carbons (Fsp3) is 0.312. The van der Waals surface area contributed by atoms with E-state index in [2.05, 4.69) is 15.3 Å². The highest BCUT2D eigenvalue weighted by atomic mass is 19.4. The van der Waals surface area contributed by atoms with E-state index in [0.29, 0.717) is 19.0 Å². The lowest BCUT2D eigenvalue weighted by atomic mass is 10.1. The van der Waals surface area contributed by atoms with Crippen LogP contribution in [-0.4, -0.2) is 29.0 Å². The van der Waals surface area contributed by atoms with E-state index in [9.17, 15) is 18.0 Å². The van der Waals surface area contributed by atoms with Gasteiger partial charge in [-0.2, -0.15) is 13.2 Å². The first-order chi connectivity index (χ1) is 11.4. The molecule has 0 unspecified atom stereocenters. The largest absolute Gasteiger partial charge is 0.418 e. The standard InChI is InChI=1S/C16H17F3N4O/c1-3-23(4-2)15-20-10-9-13(22-15)14(24)21-12-8-6-5-7-11(12)16(17,18)19/h5-10H,3-4H2,1-2H3,(H,21,24). The summed E-state index contributed by atoms with van der Waals surface area (Å²) in [5.41, 5.74) is -1.21. The van der Waals surface area contributed by atoms with E-state index in [-0.39, 0.29) is 11.4 Å². The molecule has 0 fully saturated rings. The zero-order valence-electron chi connectivity index (χ0n) is 13.3. The van der Waals surface area contributed by atoms with Crippen LogP contribution < -0.4 is 10.2 Å². The highest BCUT2D eigenvalue weighted by molar-refractivity contribution is 6.03. The van der Waals surface area contributed by atoms with Crippen LogP contribution in [0.15, 0.2) is 36.5 Å². The summed E-state index contributed by atoms with van der Waals surface area (Å²) in [4.78, 5) is 22.3. The van der Waals surface area contributed by atoms with E-state index in [4.69, 9.17) is 0 Å². The van der Waals surface area contributed by atoms with Gasteiger partial charge in [0.2, 0.25) is 5.95 Å². The van der Waals surface area contributed by atoms with Gasteiger partial charge in [0, 0.05) is 19.3 Å². The second-order valence-electron chi connectivity index (χ2n) is 4.91. The molecule has 2 aromatic rings. The summed E-state index contributed by atoms with van der Waals surface area (Å²) in [7, 11) is 0. The summed E-state index contributed by atoms with van der Waals surface area (Å²) < 4.78 is 38.9. The van der Waals surface area contributed by atoms with Crippen molar-refractivity contribution in [3.8, 4) is 0 Å². The molecule has 1 aromatic heterocycles. The van der Waals surface area contributed by atoms with Crippen LogP contribution in [0.25, 0.3) is 0 Å². The normalized spacial score (nSPS) is 11.2. The monoisotopic (exact) mass is 338 g/mol. The van der Waals surface area contributed by atoms with Crippen LogP contribution in [0.3, 0.4) is 0 Å². The zero-order valence-corrected chi connectivity index (χ0v) is 13.3. The maximum Gasteiger partial charge on any atom is 0.418 e. The summed E-state index contributed by atoms with van der Waals surface area (Å²) in [6.07, 6.45) is -3.15. The molecular formula is C16H17F3N4O. The Morgan fingerprint density at radius 1 is 1.17 bits per heavy atom. The fourth-order valence-electron chi connectivity index (χ4n) is 2.16. The Morgan fingerprint density at radius 3 is 2.46 bits per heavy atom. The number of aromatic nitrogens is 2. The molecule has 24 heavy (non-hydrogen) atoms. The van der Waals surface area contributed by atoms with Crippen LogP contribution >= 0.6 is 0 Å². The van der Waals surface area contributed by atoms with Crippen LogP contribution in [0.1, 0.15) is 29.9 Å². The molecule has 1 N–H and O–H groups in total. The Bertz CT molecular complexity index is 714. The average Bonchev–Trinajstić information content (AvgIpc) is 2.56. The summed E-state index contributed by atoms with van der Waals surface area (Å²) in [6, 6.07) is 6.16. The van der Waals surface area contributed by atoms with Gasteiger partial charge in [-0.1, -0.05) is 12.1 Å². The maximum absolute atomic E-state index is 13.0. The molecule has 0 atom stereocenters. The molecule has 0 radical (unpaired) electrons. The van der Waals surface area contributed by atoms with Gasteiger partial charge < -0.3 is 10.2 Å². The summed E-state index contributed by atoms with van der Waals surface area (Å²) in [5.74, 6) is -0.362. The molecule has 0 saturated carbocycles. The molecule has 0 saturated heterocycles. The Kier molecular flexibility index (Phi) is 5.38. The van der Waals surface area contributed by atoms with Crippen molar-refractivity contribution in [2.75, 3.05) is 23.3 Å². The van der Waals surface area contributed by atoms with Crippen LogP contribution in [0, 0.1) is 0 Å². The minimum atomic E-state index is -4.55. The van der Waals surface area contributed by atoms with Gasteiger partial charge in [-0.3, -0.25) is 4.79 Å². The third kappa shape index (κ3) is 4.01. The Labute approximate surface area is 137 Å². The van der Waals surface area contributed by atoms with Gasteiger partial charge in [0.25, 0.3) is 5.91 Å². The Morgan fingerprint density at radius 2 is 1.83 bits per heavy atom. The third-order valence-electron chi connectivity index (χ3n) is 3.40. The number of alkyl halides is 3. The zero-order chi connectivity index (χ0) is 17.7. The first kappa shape index (κ1) is 17.7. The van der Waals surface area contributed by atoms with E-state index in [1.165, 1.54) is 30.5 Å². The number of nitrogens with one attached hydrogen (secondary N) is 1. The number of benzene rings is 1. The highest BCUT2D eigenvalue weighted by Crippen LogP contribution is 2.34. The van der Waals surface area contributed by atoms with Gasteiger partial charge in [-0.15, -0.1) is 0 Å². The lowest BCUT2D eigenvalue weighted by Gasteiger charge is -2.18. The lowest BCUT2D eigenvalue weighted by molar-refractivity contribution is -0.136. The minimum absolute atomic E-state index is 0.00359.